The highest BCUT2D eigenvalue weighted by Crippen LogP contribution is 2.29. The minimum Gasteiger partial charge on any atom is -0.244 e. The Bertz CT molecular complexity index is 2090. The van der Waals surface area contributed by atoms with Crippen molar-refractivity contribution in [2.45, 2.75) is 21.6 Å². The standard InChI is InChI=1S/C30H26N6O4S2/c37-41(38,24-11-3-1-4-12-24)22-23(21-36-29-18-10-8-16-27(29)32-34-36)30(42(39,40)25-13-5-2-6-14-25)19-20-35-28-17-9-7-15-26(28)31-33-35/h1-20,23,30H,21-22H2. The van der Waals surface area contributed by atoms with Gasteiger partial charge in [-0.25, -0.2) is 26.2 Å². The van der Waals surface area contributed by atoms with Crippen molar-refractivity contribution < 1.29 is 16.8 Å². The highest BCUT2D eigenvalue weighted by molar-refractivity contribution is 7.93. The molecule has 42 heavy (non-hydrogen) atoms. The van der Waals surface area contributed by atoms with Crippen LogP contribution in [0.5, 0.6) is 0 Å². The summed E-state index contributed by atoms with van der Waals surface area (Å²) in [6, 6.07) is 30.6. The lowest BCUT2D eigenvalue weighted by molar-refractivity contribution is 0.445. The first kappa shape index (κ1) is 27.5. The Morgan fingerprint density at radius 2 is 1.19 bits per heavy atom. The predicted octanol–water partition coefficient (Wildman–Crippen LogP) is 4.28. The van der Waals surface area contributed by atoms with Crippen molar-refractivity contribution in [3.63, 3.8) is 0 Å². The molecule has 0 aliphatic carbocycles. The van der Waals surface area contributed by atoms with Crippen molar-refractivity contribution in [3.8, 4) is 0 Å². The highest BCUT2D eigenvalue weighted by atomic mass is 32.2. The molecule has 2 heterocycles. The van der Waals surface area contributed by atoms with E-state index in [1.54, 1.807) is 53.2 Å². The van der Waals surface area contributed by atoms with Crippen molar-refractivity contribution in [2.24, 2.45) is 5.92 Å². The van der Waals surface area contributed by atoms with Crippen LogP contribution in [0, 0.1) is 5.92 Å². The Kier molecular flexibility index (Phi) is 7.40. The molecule has 2 aromatic heterocycles. The second kappa shape index (κ2) is 11.3. The summed E-state index contributed by atoms with van der Waals surface area (Å²) < 4.78 is 59.0. The van der Waals surface area contributed by atoms with Gasteiger partial charge in [0.2, 0.25) is 0 Å². The molecule has 0 aliphatic rings. The largest absolute Gasteiger partial charge is 0.244 e. The first-order valence-corrected chi connectivity index (χ1v) is 16.4. The molecule has 6 aromatic rings. The number of para-hydroxylation sites is 2. The average Bonchev–Trinajstić information content (AvgIpc) is 3.62. The van der Waals surface area contributed by atoms with Gasteiger partial charge in [-0.2, -0.15) is 0 Å². The smallest absolute Gasteiger partial charge is 0.185 e. The molecule has 0 saturated carbocycles. The number of aromatic nitrogens is 6. The van der Waals surface area contributed by atoms with Crippen LogP contribution in [0.25, 0.3) is 28.3 Å². The van der Waals surface area contributed by atoms with Gasteiger partial charge in [-0.3, -0.25) is 0 Å². The van der Waals surface area contributed by atoms with Crippen LogP contribution in [-0.2, 0) is 26.2 Å². The van der Waals surface area contributed by atoms with Crippen molar-refractivity contribution in [2.75, 3.05) is 5.75 Å². The van der Waals surface area contributed by atoms with E-state index in [1.807, 2.05) is 36.4 Å². The predicted molar refractivity (Wildman–Crippen MR) is 160 cm³/mol. The highest BCUT2D eigenvalue weighted by Gasteiger charge is 2.37. The first-order chi connectivity index (χ1) is 20.3. The third kappa shape index (κ3) is 5.46. The van der Waals surface area contributed by atoms with Gasteiger partial charge in [-0.05, 0) is 54.6 Å². The Morgan fingerprint density at radius 3 is 1.88 bits per heavy atom. The molecule has 0 amide bonds. The van der Waals surface area contributed by atoms with E-state index in [0.717, 1.165) is 0 Å². The van der Waals surface area contributed by atoms with E-state index in [0.29, 0.717) is 22.1 Å². The van der Waals surface area contributed by atoms with Gasteiger partial charge in [0.15, 0.2) is 19.7 Å². The quantitative estimate of drug-likeness (QED) is 0.229. The van der Waals surface area contributed by atoms with Crippen LogP contribution >= 0.6 is 0 Å². The molecule has 0 bridgehead atoms. The van der Waals surface area contributed by atoms with Gasteiger partial charge in [-0.15, -0.1) is 10.2 Å². The molecule has 10 nitrogen and oxygen atoms in total. The SMILES string of the molecule is O=S(=O)(CC(Cn1nnc2ccccc21)C(C=Cn1nnc2ccccc21)S(=O)(=O)c1ccccc1)c1ccccc1. The lowest BCUT2D eigenvalue weighted by Gasteiger charge is -2.25. The normalized spacial score (nSPS) is 14.0. The molecule has 0 spiro atoms. The zero-order chi connectivity index (χ0) is 29.2. The summed E-state index contributed by atoms with van der Waals surface area (Å²) in [5, 5.41) is 15.5. The first-order valence-electron chi connectivity index (χ1n) is 13.2. The summed E-state index contributed by atoms with van der Waals surface area (Å²) in [7, 11) is -8.00. The topological polar surface area (TPSA) is 130 Å². The second-order valence-electron chi connectivity index (χ2n) is 9.80. The van der Waals surface area contributed by atoms with Gasteiger partial charge in [0.25, 0.3) is 0 Å². The van der Waals surface area contributed by atoms with E-state index in [-0.39, 0.29) is 16.3 Å². The molecule has 0 fully saturated rings. The van der Waals surface area contributed by atoms with E-state index >= 15 is 0 Å². The minimum absolute atomic E-state index is 0.0221. The van der Waals surface area contributed by atoms with Gasteiger partial charge in [0.1, 0.15) is 11.0 Å². The van der Waals surface area contributed by atoms with Crippen molar-refractivity contribution >= 4 is 47.9 Å². The molecule has 6 rings (SSSR count). The summed E-state index contributed by atoms with van der Waals surface area (Å²) >= 11 is 0. The van der Waals surface area contributed by atoms with E-state index < -0.39 is 36.6 Å². The third-order valence-corrected chi connectivity index (χ3v) is 11.1. The van der Waals surface area contributed by atoms with Crippen LogP contribution in [0.4, 0.5) is 0 Å². The maximum atomic E-state index is 14.3. The van der Waals surface area contributed by atoms with E-state index in [1.165, 1.54) is 41.2 Å². The zero-order valence-electron chi connectivity index (χ0n) is 22.2. The average molecular weight is 599 g/mol. The lowest BCUT2D eigenvalue weighted by Crippen LogP contribution is -2.36. The fourth-order valence-corrected chi connectivity index (χ4v) is 8.56. The maximum absolute atomic E-state index is 14.3. The summed E-state index contributed by atoms with van der Waals surface area (Å²) in [6.45, 7) is -0.0221. The molecule has 2 unspecified atom stereocenters. The molecule has 0 radical (unpaired) electrons. The molecule has 0 aliphatic heterocycles. The number of hydrogen-bond acceptors (Lipinski definition) is 8. The van der Waals surface area contributed by atoms with Crippen molar-refractivity contribution in [3.05, 3.63) is 115 Å². The van der Waals surface area contributed by atoms with Crippen LogP contribution in [0.1, 0.15) is 0 Å². The van der Waals surface area contributed by atoms with Crippen LogP contribution < -0.4 is 0 Å². The van der Waals surface area contributed by atoms with Gasteiger partial charge < -0.3 is 0 Å². The number of sulfone groups is 2. The Morgan fingerprint density at radius 1 is 0.643 bits per heavy atom. The summed E-state index contributed by atoms with van der Waals surface area (Å²) in [5.74, 6) is -1.42. The molecule has 212 valence electrons. The second-order valence-corrected chi connectivity index (χ2v) is 13.9. The number of fused-ring (bicyclic) bond motifs is 2. The minimum atomic E-state index is -4.09. The number of benzene rings is 4. The van der Waals surface area contributed by atoms with Crippen molar-refractivity contribution in [1.82, 2.24) is 30.0 Å². The van der Waals surface area contributed by atoms with E-state index in [9.17, 15) is 16.8 Å². The van der Waals surface area contributed by atoms with Crippen LogP contribution in [0.2, 0.25) is 0 Å². The van der Waals surface area contributed by atoms with Crippen LogP contribution in [-0.4, -0.2) is 57.8 Å². The third-order valence-electron chi connectivity index (χ3n) is 7.05. The number of nitrogens with zero attached hydrogens (tertiary/aromatic N) is 6. The number of hydrogen-bond donors (Lipinski definition) is 0. The van der Waals surface area contributed by atoms with E-state index in [4.69, 9.17) is 0 Å². The Labute approximate surface area is 242 Å². The van der Waals surface area contributed by atoms with E-state index in [2.05, 4.69) is 20.6 Å². The monoisotopic (exact) mass is 598 g/mol. The summed E-state index contributed by atoms with van der Waals surface area (Å²) in [4.78, 5) is 0.189. The molecule has 0 N–H and O–H groups in total. The fraction of sp³-hybridized carbons (Fsp3) is 0.133. The lowest BCUT2D eigenvalue weighted by atomic mass is 10.1. The molecular weight excluding hydrogens is 573 g/mol. The van der Waals surface area contributed by atoms with Gasteiger partial charge in [-0.1, -0.05) is 71.1 Å². The number of rotatable bonds is 10. The molecule has 0 saturated heterocycles. The van der Waals surface area contributed by atoms with Gasteiger partial charge >= 0.3 is 0 Å². The summed E-state index contributed by atoms with van der Waals surface area (Å²) in [6.07, 6.45) is 3.02. The zero-order valence-corrected chi connectivity index (χ0v) is 23.9. The maximum Gasteiger partial charge on any atom is 0.185 e. The van der Waals surface area contributed by atoms with Gasteiger partial charge in [0, 0.05) is 18.7 Å². The Balaban J connectivity index is 1.50. The molecular formula is C30H26N6O4S2. The summed E-state index contributed by atoms with van der Waals surface area (Å²) in [5.41, 5.74) is 2.61. The molecule has 2 atom stereocenters. The van der Waals surface area contributed by atoms with Crippen LogP contribution in [0.15, 0.2) is 125 Å². The molecule has 4 aromatic carbocycles. The van der Waals surface area contributed by atoms with Gasteiger partial charge in [0.05, 0.1) is 31.8 Å². The molecule has 12 heteroatoms. The Hall–Kier alpha value is -4.68. The fourth-order valence-electron chi connectivity index (χ4n) is 4.98. The van der Waals surface area contributed by atoms with Crippen LogP contribution in [0.3, 0.4) is 0 Å². The van der Waals surface area contributed by atoms with Crippen molar-refractivity contribution in [1.29, 1.82) is 0 Å².